The molecule has 1 saturated heterocycles. The molecule has 0 radical (unpaired) electrons. The van der Waals surface area contributed by atoms with Gasteiger partial charge in [0.05, 0.1) is 13.2 Å². The van der Waals surface area contributed by atoms with E-state index in [0.29, 0.717) is 25.3 Å². The number of likely N-dealkylation sites (N-methyl/N-ethyl adjacent to an activating group) is 1. The molecule has 2 amide bonds. The van der Waals surface area contributed by atoms with Crippen LogP contribution >= 0.6 is 12.6 Å². The second-order valence-corrected chi connectivity index (χ2v) is 3.71. The molecular weight excluding hydrogens is 216 g/mol. The summed E-state index contributed by atoms with van der Waals surface area (Å²) in [5, 5.41) is 2.53. The summed E-state index contributed by atoms with van der Waals surface area (Å²) in [5.41, 5.74) is 0. The van der Waals surface area contributed by atoms with Gasteiger partial charge in [0.25, 0.3) is 0 Å². The van der Waals surface area contributed by atoms with E-state index in [4.69, 9.17) is 4.74 Å². The zero-order valence-electron chi connectivity index (χ0n) is 8.73. The second-order valence-electron chi connectivity index (χ2n) is 3.27. The van der Waals surface area contributed by atoms with Crippen LogP contribution in [0.3, 0.4) is 0 Å². The molecule has 1 N–H and O–H groups in total. The first-order valence-electron chi connectivity index (χ1n) is 4.90. The number of hydrogen-bond donors (Lipinski definition) is 2. The first kappa shape index (κ1) is 12.3. The van der Waals surface area contributed by atoms with Gasteiger partial charge in [-0.05, 0) is 5.75 Å². The maximum atomic E-state index is 11.7. The fourth-order valence-electron chi connectivity index (χ4n) is 1.53. The van der Waals surface area contributed by atoms with Crippen LogP contribution in [0.15, 0.2) is 0 Å². The summed E-state index contributed by atoms with van der Waals surface area (Å²) >= 11 is 4.00. The normalized spacial score (nSPS) is 21.2. The molecule has 0 aromatic carbocycles. The summed E-state index contributed by atoms with van der Waals surface area (Å²) in [6.07, 6.45) is 0.358. The Kier molecular flexibility index (Phi) is 4.90. The molecule has 86 valence electrons. The van der Waals surface area contributed by atoms with Crippen LogP contribution in [0.4, 0.5) is 0 Å². The highest BCUT2D eigenvalue weighted by molar-refractivity contribution is 7.80. The minimum atomic E-state index is -0.490. The Morgan fingerprint density at radius 3 is 2.93 bits per heavy atom. The Bertz CT molecular complexity index is 248. The number of thiol groups is 1. The van der Waals surface area contributed by atoms with Gasteiger partial charge in [0, 0.05) is 20.0 Å². The van der Waals surface area contributed by atoms with Crippen molar-refractivity contribution in [2.24, 2.45) is 0 Å². The number of nitrogens with zero attached hydrogens (tertiary/aromatic N) is 1. The van der Waals surface area contributed by atoms with E-state index in [1.165, 1.54) is 0 Å². The van der Waals surface area contributed by atoms with Gasteiger partial charge >= 0.3 is 0 Å². The van der Waals surface area contributed by atoms with Crippen molar-refractivity contribution >= 4 is 24.4 Å². The minimum absolute atomic E-state index is 0.0399. The van der Waals surface area contributed by atoms with Gasteiger partial charge < -0.3 is 15.0 Å². The van der Waals surface area contributed by atoms with Gasteiger partial charge in [-0.2, -0.15) is 12.6 Å². The molecule has 0 saturated carbocycles. The van der Waals surface area contributed by atoms with Crippen molar-refractivity contribution in [3.63, 3.8) is 0 Å². The topological polar surface area (TPSA) is 58.6 Å². The number of morpholine rings is 1. The van der Waals surface area contributed by atoms with Crippen molar-refractivity contribution in [3.8, 4) is 0 Å². The lowest BCUT2D eigenvalue weighted by atomic mass is 10.2. The molecule has 1 aliphatic rings. The molecule has 1 heterocycles. The number of amides is 2. The first-order valence-corrected chi connectivity index (χ1v) is 5.53. The largest absolute Gasteiger partial charge is 0.377 e. The fraction of sp³-hybridized carbons (Fsp3) is 0.778. The summed E-state index contributed by atoms with van der Waals surface area (Å²) in [7, 11) is 1.55. The van der Waals surface area contributed by atoms with Crippen LogP contribution in [0.2, 0.25) is 0 Å². The molecule has 0 aromatic heterocycles. The third kappa shape index (κ3) is 3.10. The van der Waals surface area contributed by atoms with Gasteiger partial charge in [0.1, 0.15) is 6.04 Å². The molecule has 1 atom stereocenters. The molecule has 1 unspecified atom stereocenters. The lowest BCUT2D eigenvalue weighted by Crippen LogP contribution is -2.55. The summed E-state index contributed by atoms with van der Waals surface area (Å²) in [5.74, 6) is 0.278. The van der Waals surface area contributed by atoms with Crippen LogP contribution < -0.4 is 5.32 Å². The molecule has 1 rings (SSSR count). The highest BCUT2D eigenvalue weighted by Gasteiger charge is 2.31. The van der Waals surface area contributed by atoms with E-state index in [9.17, 15) is 9.59 Å². The van der Waals surface area contributed by atoms with Crippen molar-refractivity contribution in [3.05, 3.63) is 0 Å². The van der Waals surface area contributed by atoms with Crippen LogP contribution in [-0.4, -0.2) is 55.3 Å². The SMILES string of the molecule is CNC(=O)C1COCCN1C(=O)CCS. The lowest BCUT2D eigenvalue weighted by molar-refractivity contribution is -0.147. The number of hydrogen-bond acceptors (Lipinski definition) is 4. The number of rotatable bonds is 3. The second kappa shape index (κ2) is 5.97. The Labute approximate surface area is 94.6 Å². The van der Waals surface area contributed by atoms with E-state index in [0.717, 1.165) is 0 Å². The van der Waals surface area contributed by atoms with E-state index >= 15 is 0 Å². The molecule has 0 bridgehead atoms. The lowest BCUT2D eigenvalue weighted by Gasteiger charge is -2.34. The highest BCUT2D eigenvalue weighted by atomic mass is 32.1. The fourth-order valence-corrected chi connectivity index (χ4v) is 1.72. The quantitative estimate of drug-likeness (QED) is 0.631. The third-order valence-electron chi connectivity index (χ3n) is 2.32. The number of ether oxygens (including phenoxy) is 1. The molecule has 0 spiro atoms. The Morgan fingerprint density at radius 2 is 2.33 bits per heavy atom. The monoisotopic (exact) mass is 232 g/mol. The van der Waals surface area contributed by atoms with Gasteiger partial charge in [-0.1, -0.05) is 0 Å². The molecule has 0 aliphatic carbocycles. The van der Waals surface area contributed by atoms with Crippen LogP contribution in [0.5, 0.6) is 0 Å². The van der Waals surface area contributed by atoms with E-state index in [1.54, 1.807) is 11.9 Å². The Morgan fingerprint density at radius 1 is 1.60 bits per heavy atom. The highest BCUT2D eigenvalue weighted by Crippen LogP contribution is 2.09. The summed E-state index contributed by atoms with van der Waals surface area (Å²) in [4.78, 5) is 24.7. The summed E-state index contributed by atoms with van der Waals surface area (Å²) in [6, 6.07) is -0.490. The molecule has 15 heavy (non-hydrogen) atoms. The van der Waals surface area contributed by atoms with Gasteiger partial charge in [-0.3, -0.25) is 9.59 Å². The summed E-state index contributed by atoms with van der Waals surface area (Å²) in [6.45, 7) is 1.24. The van der Waals surface area contributed by atoms with Crippen molar-refractivity contribution in [1.82, 2.24) is 10.2 Å². The van der Waals surface area contributed by atoms with Crippen molar-refractivity contribution in [1.29, 1.82) is 0 Å². The van der Waals surface area contributed by atoms with E-state index in [1.807, 2.05) is 0 Å². The first-order chi connectivity index (χ1) is 7.20. The van der Waals surface area contributed by atoms with Crippen molar-refractivity contribution < 1.29 is 14.3 Å². The zero-order valence-corrected chi connectivity index (χ0v) is 9.63. The van der Waals surface area contributed by atoms with Crippen LogP contribution in [0.25, 0.3) is 0 Å². The molecular formula is C9H16N2O3S. The number of nitrogens with one attached hydrogen (secondary N) is 1. The maximum Gasteiger partial charge on any atom is 0.244 e. The van der Waals surface area contributed by atoms with Crippen LogP contribution in [0.1, 0.15) is 6.42 Å². The van der Waals surface area contributed by atoms with Crippen molar-refractivity contribution in [2.45, 2.75) is 12.5 Å². The van der Waals surface area contributed by atoms with Gasteiger partial charge in [0.2, 0.25) is 11.8 Å². The smallest absolute Gasteiger partial charge is 0.244 e. The van der Waals surface area contributed by atoms with E-state index in [-0.39, 0.29) is 18.4 Å². The molecule has 5 nitrogen and oxygen atoms in total. The molecule has 0 aromatic rings. The van der Waals surface area contributed by atoms with Crippen LogP contribution in [0, 0.1) is 0 Å². The Balaban J connectivity index is 2.65. The third-order valence-corrected chi connectivity index (χ3v) is 2.55. The predicted molar refractivity (Wildman–Crippen MR) is 58.9 cm³/mol. The van der Waals surface area contributed by atoms with Gasteiger partial charge in [-0.15, -0.1) is 0 Å². The molecule has 1 fully saturated rings. The average Bonchev–Trinajstić information content (AvgIpc) is 2.28. The van der Waals surface area contributed by atoms with Gasteiger partial charge in [-0.25, -0.2) is 0 Å². The van der Waals surface area contributed by atoms with Gasteiger partial charge in [0.15, 0.2) is 0 Å². The van der Waals surface area contributed by atoms with Crippen molar-refractivity contribution in [2.75, 3.05) is 32.6 Å². The average molecular weight is 232 g/mol. The Hall–Kier alpha value is -0.750. The van der Waals surface area contributed by atoms with Crippen LogP contribution in [-0.2, 0) is 14.3 Å². The predicted octanol–water partition coefficient (Wildman–Crippen LogP) is -0.720. The maximum absolute atomic E-state index is 11.7. The minimum Gasteiger partial charge on any atom is -0.377 e. The van der Waals surface area contributed by atoms with E-state index in [2.05, 4.69) is 17.9 Å². The van der Waals surface area contributed by atoms with E-state index < -0.39 is 6.04 Å². The standard InChI is InChI=1S/C9H16N2O3S/c1-10-9(13)7-6-14-4-3-11(7)8(12)2-5-15/h7,15H,2-6H2,1H3,(H,10,13). The summed E-state index contributed by atoms with van der Waals surface area (Å²) < 4.78 is 5.19. The number of carbonyl (C=O) groups excluding carboxylic acids is 2. The molecule has 6 heteroatoms. The number of carbonyl (C=O) groups is 2. The molecule has 1 aliphatic heterocycles. The zero-order chi connectivity index (χ0) is 11.3.